The maximum absolute atomic E-state index is 11.9. The Hall–Kier alpha value is -3.73. The number of nitrogens with zero attached hydrogens (tertiary/aromatic N) is 4. The van der Waals surface area contributed by atoms with Crippen LogP contribution in [0.3, 0.4) is 0 Å². The number of amides is 1. The molecule has 26 heavy (non-hydrogen) atoms. The Balaban J connectivity index is 1.65. The SMILES string of the molecule is COc1ccc2nc(NCCNC(=O)c3cnccn3)c(C#N)cc2c1. The van der Waals surface area contributed by atoms with Crippen LogP contribution in [0, 0.1) is 11.3 Å². The molecule has 1 amide bonds. The van der Waals surface area contributed by atoms with Gasteiger partial charge in [0.2, 0.25) is 0 Å². The lowest BCUT2D eigenvalue weighted by atomic mass is 10.1. The summed E-state index contributed by atoms with van der Waals surface area (Å²) in [6, 6.07) is 9.35. The van der Waals surface area contributed by atoms with Crippen molar-refractivity contribution in [2.45, 2.75) is 0 Å². The summed E-state index contributed by atoms with van der Waals surface area (Å²) < 4.78 is 5.19. The van der Waals surface area contributed by atoms with Crippen LogP contribution in [0.4, 0.5) is 5.82 Å². The number of carbonyl (C=O) groups is 1. The minimum atomic E-state index is -0.307. The molecule has 0 radical (unpaired) electrons. The largest absolute Gasteiger partial charge is 0.497 e. The minimum Gasteiger partial charge on any atom is -0.497 e. The molecule has 0 spiro atoms. The Morgan fingerprint density at radius 3 is 2.88 bits per heavy atom. The molecule has 3 aromatic rings. The van der Waals surface area contributed by atoms with Crippen molar-refractivity contribution in [3.63, 3.8) is 0 Å². The van der Waals surface area contributed by atoms with E-state index in [2.05, 4.69) is 31.7 Å². The zero-order valence-corrected chi connectivity index (χ0v) is 14.1. The first kappa shape index (κ1) is 17.1. The van der Waals surface area contributed by atoms with Crippen LogP contribution in [-0.4, -0.2) is 41.1 Å². The highest BCUT2D eigenvalue weighted by molar-refractivity contribution is 5.91. The number of nitriles is 1. The molecular formula is C18H16N6O2. The molecule has 0 saturated carbocycles. The Morgan fingerprint density at radius 2 is 2.15 bits per heavy atom. The average molecular weight is 348 g/mol. The summed E-state index contributed by atoms with van der Waals surface area (Å²) in [4.78, 5) is 24.1. The van der Waals surface area contributed by atoms with Crippen LogP contribution >= 0.6 is 0 Å². The number of fused-ring (bicyclic) bond motifs is 1. The number of ether oxygens (including phenoxy) is 1. The van der Waals surface area contributed by atoms with E-state index in [4.69, 9.17) is 4.74 Å². The van der Waals surface area contributed by atoms with E-state index in [1.54, 1.807) is 13.2 Å². The van der Waals surface area contributed by atoms with Crippen molar-refractivity contribution in [2.75, 3.05) is 25.5 Å². The molecule has 130 valence electrons. The van der Waals surface area contributed by atoms with E-state index in [-0.39, 0.29) is 11.6 Å². The quantitative estimate of drug-likeness (QED) is 0.652. The number of rotatable bonds is 6. The number of hydrogen-bond acceptors (Lipinski definition) is 7. The van der Waals surface area contributed by atoms with Gasteiger partial charge in [-0.05, 0) is 24.3 Å². The van der Waals surface area contributed by atoms with Crippen molar-refractivity contribution < 1.29 is 9.53 Å². The molecule has 0 aliphatic heterocycles. The predicted molar refractivity (Wildman–Crippen MR) is 95.9 cm³/mol. The molecular weight excluding hydrogens is 332 g/mol. The van der Waals surface area contributed by atoms with Gasteiger partial charge in [-0.1, -0.05) is 0 Å². The molecule has 8 nitrogen and oxygen atoms in total. The number of carbonyl (C=O) groups excluding carboxylic acids is 1. The molecule has 0 aliphatic carbocycles. The number of nitrogens with one attached hydrogen (secondary N) is 2. The third-order valence-corrected chi connectivity index (χ3v) is 3.64. The number of benzene rings is 1. The highest BCUT2D eigenvalue weighted by Crippen LogP contribution is 2.23. The molecule has 0 fully saturated rings. The van der Waals surface area contributed by atoms with Crippen molar-refractivity contribution in [2.24, 2.45) is 0 Å². The third kappa shape index (κ3) is 3.84. The second-order valence-corrected chi connectivity index (χ2v) is 5.33. The number of anilines is 1. The Kier molecular flexibility index (Phi) is 5.19. The van der Waals surface area contributed by atoms with E-state index < -0.39 is 0 Å². The summed E-state index contributed by atoms with van der Waals surface area (Å²) in [6.45, 7) is 0.762. The summed E-state index contributed by atoms with van der Waals surface area (Å²) in [5, 5.41) is 16.0. The molecule has 0 aliphatic rings. The van der Waals surface area contributed by atoms with E-state index >= 15 is 0 Å². The fraction of sp³-hybridized carbons (Fsp3) is 0.167. The molecule has 3 rings (SSSR count). The van der Waals surface area contributed by atoms with E-state index in [1.165, 1.54) is 18.6 Å². The molecule has 0 unspecified atom stereocenters. The molecule has 2 N–H and O–H groups in total. The van der Waals surface area contributed by atoms with Crippen molar-refractivity contribution in [1.82, 2.24) is 20.3 Å². The molecule has 1 aromatic carbocycles. The van der Waals surface area contributed by atoms with Gasteiger partial charge in [-0.15, -0.1) is 0 Å². The average Bonchev–Trinajstić information content (AvgIpc) is 2.70. The van der Waals surface area contributed by atoms with Gasteiger partial charge >= 0.3 is 0 Å². The third-order valence-electron chi connectivity index (χ3n) is 3.64. The minimum absolute atomic E-state index is 0.253. The van der Waals surface area contributed by atoms with E-state index in [0.29, 0.717) is 30.2 Å². The van der Waals surface area contributed by atoms with Crippen LogP contribution in [0.2, 0.25) is 0 Å². The zero-order valence-electron chi connectivity index (χ0n) is 14.1. The van der Waals surface area contributed by atoms with Gasteiger partial charge in [-0.3, -0.25) is 9.78 Å². The maximum atomic E-state index is 11.9. The molecule has 0 saturated heterocycles. The van der Waals surface area contributed by atoms with Crippen LogP contribution in [-0.2, 0) is 0 Å². The van der Waals surface area contributed by atoms with Gasteiger partial charge in [-0.2, -0.15) is 5.26 Å². The van der Waals surface area contributed by atoms with Crippen LogP contribution < -0.4 is 15.4 Å². The maximum Gasteiger partial charge on any atom is 0.271 e. The summed E-state index contributed by atoms with van der Waals surface area (Å²) in [6.07, 6.45) is 4.36. The van der Waals surface area contributed by atoms with Gasteiger partial charge < -0.3 is 15.4 Å². The van der Waals surface area contributed by atoms with Crippen molar-refractivity contribution in [3.05, 3.63) is 54.1 Å². The molecule has 0 bridgehead atoms. The summed E-state index contributed by atoms with van der Waals surface area (Å²) >= 11 is 0. The second kappa shape index (κ2) is 7.90. The molecule has 0 atom stereocenters. The number of hydrogen-bond donors (Lipinski definition) is 2. The fourth-order valence-corrected chi connectivity index (χ4v) is 2.37. The van der Waals surface area contributed by atoms with Gasteiger partial charge in [0, 0.05) is 30.9 Å². The van der Waals surface area contributed by atoms with E-state index in [9.17, 15) is 10.1 Å². The molecule has 2 aromatic heterocycles. The standard InChI is InChI=1S/C18H16N6O2/c1-26-14-2-3-15-12(9-14)8-13(10-19)17(24-15)22-6-7-23-18(25)16-11-20-4-5-21-16/h2-5,8-9,11H,6-7H2,1H3,(H,22,24)(H,23,25). The monoisotopic (exact) mass is 348 g/mol. The first-order valence-electron chi connectivity index (χ1n) is 7.88. The highest BCUT2D eigenvalue weighted by atomic mass is 16.5. The van der Waals surface area contributed by atoms with E-state index in [0.717, 1.165) is 10.9 Å². The van der Waals surface area contributed by atoms with Gasteiger partial charge in [-0.25, -0.2) is 9.97 Å². The second-order valence-electron chi connectivity index (χ2n) is 5.33. The van der Waals surface area contributed by atoms with Crippen LogP contribution in [0.25, 0.3) is 10.9 Å². The van der Waals surface area contributed by atoms with E-state index in [1.807, 2.05) is 18.2 Å². The van der Waals surface area contributed by atoms with Gasteiger partial charge in [0.25, 0.3) is 5.91 Å². The molecule has 2 heterocycles. The van der Waals surface area contributed by atoms with Crippen LogP contribution in [0.15, 0.2) is 42.9 Å². The topological polar surface area (TPSA) is 113 Å². The number of pyridine rings is 1. The first-order chi connectivity index (χ1) is 12.7. The Bertz CT molecular complexity index is 969. The van der Waals surface area contributed by atoms with Crippen molar-refractivity contribution in [3.8, 4) is 11.8 Å². The fourth-order valence-electron chi connectivity index (χ4n) is 2.37. The van der Waals surface area contributed by atoms with Crippen molar-refractivity contribution in [1.29, 1.82) is 5.26 Å². The molecule has 8 heteroatoms. The van der Waals surface area contributed by atoms with Crippen molar-refractivity contribution >= 4 is 22.6 Å². The summed E-state index contributed by atoms with van der Waals surface area (Å²) in [5.74, 6) is 0.869. The summed E-state index contributed by atoms with van der Waals surface area (Å²) in [5.41, 5.74) is 1.42. The zero-order chi connectivity index (χ0) is 18.4. The smallest absolute Gasteiger partial charge is 0.271 e. The lowest BCUT2D eigenvalue weighted by molar-refractivity contribution is 0.0950. The first-order valence-corrected chi connectivity index (χ1v) is 7.88. The highest BCUT2D eigenvalue weighted by Gasteiger charge is 2.09. The predicted octanol–water partition coefficient (Wildman–Crippen LogP) is 1.75. The number of methoxy groups -OCH3 is 1. The lowest BCUT2D eigenvalue weighted by Crippen LogP contribution is -2.29. The van der Waals surface area contributed by atoms with Crippen LogP contribution in [0.5, 0.6) is 5.75 Å². The normalized spacial score (nSPS) is 10.2. The van der Waals surface area contributed by atoms with Gasteiger partial charge in [0.05, 0.1) is 24.4 Å². The number of aromatic nitrogens is 3. The van der Waals surface area contributed by atoms with Crippen LogP contribution in [0.1, 0.15) is 16.1 Å². The summed E-state index contributed by atoms with van der Waals surface area (Å²) in [7, 11) is 1.59. The Morgan fingerprint density at radius 1 is 1.27 bits per heavy atom. The van der Waals surface area contributed by atoms with Gasteiger partial charge in [0.15, 0.2) is 0 Å². The lowest BCUT2D eigenvalue weighted by Gasteiger charge is -2.10. The Labute approximate surface area is 149 Å². The van der Waals surface area contributed by atoms with Gasteiger partial charge in [0.1, 0.15) is 23.3 Å².